The number of hydrogen-bond donors (Lipinski definition) is 2. The maximum atomic E-state index is 13.4. The third-order valence-electron chi connectivity index (χ3n) is 7.02. The minimum absolute atomic E-state index is 0.0347. The summed E-state index contributed by atoms with van der Waals surface area (Å²) in [5.74, 6) is -2.50. The molecule has 2 aliphatic heterocycles. The van der Waals surface area contributed by atoms with Crippen LogP contribution in [-0.4, -0.2) is 60.6 Å². The SMILES string of the molecule is O=C(NCCCCC1CCN(C(=O)C2CNCCC2C(F)(F)F)CC1)c1cc2ccncc2s1. The van der Waals surface area contributed by atoms with E-state index in [1.165, 1.54) is 11.3 Å². The summed E-state index contributed by atoms with van der Waals surface area (Å²) >= 11 is 1.43. The normalized spacial score (nSPS) is 22.1. The average Bonchev–Trinajstić information content (AvgIpc) is 3.28. The van der Waals surface area contributed by atoms with Gasteiger partial charge in [0, 0.05) is 38.6 Å². The fraction of sp³-hybridized carbons (Fsp3) is 0.625. The van der Waals surface area contributed by atoms with E-state index in [-0.39, 0.29) is 24.8 Å². The number of nitrogens with one attached hydrogen (secondary N) is 2. The van der Waals surface area contributed by atoms with Crippen LogP contribution in [0.1, 0.15) is 48.2 Å². The Bertz CT molecular complexity index is 955. The molecule has 2 atom stereocenters. The zero-order valence-corrected chi connectivity index (χ0v) is 19.9. The lowest BCUT2D eigenvalue weighted by atomic mass is 9.83. The summed E-state index contributed by atoms with van der Waals surface area (Å²) in [5, 5.41) is 6.94. The molecule has 0 spiro atoms. The Hall–Kier alpha value is -2.20. The highest BCUT2D eigenvalue weighted by Gasteiger charge is 2.49. The monoisotopic (exact) mass is 496 g/mol. The lowest BCUT2D eigenvalue weighted by molar-refractivity contribution is -0.199. The summed E-state index contributed by atoms with van der Waals surface area (Å²) in [6.45, 7) is 2.07. The number of alkyl halides is 3. The molecule has 0 radical (unpaired) electrons. The first-order valence-corrected chi connectivity index (χ1v) is 12.8. The number of thiophene rings is 1. The molecule has 0 aliphatic carbocycles. The molecule has 0 bridgehead atoms. The smallest absolute Gasteiger partial charge is 0.351 e. The van der Waals surface area contributed by atoms with Crippen LogP contribution in [0.3, 0.4) is 0 Å². The van der Waals surface area contributed by atoms with Crippen LogP contribution in [0.4, 0.5) is 13.2 Å². The second-order valence-electron chi connectivity index (χ2n) is 9.29. The Morgan fingerprint density at radius 3 is 2.74 bits per heavy atom. The van der Waals surface area contributed by atoms with Crippen molar-refractivity contribution in [2.75, 3.05) is 32.7 Å². The van der Waals surface area contributed by atoms with Crippen LogP contribution in [0.25, 0.3) is 10.1 Å². The van der Waals surface area contributed by atoms with Crippen LogP contribution < -0.4 is 10.6 Å². The third-order valence-corrected chi connectivity index (χ3v) is 8.10. The van der Waals surface area contributed by atoms with Crippen molar-refractivity contribution in [1.29, 1.82) is 0 Å². The van der Waals surface area contributed by atoms with Crippen molar-refractivity contribution in [3.63, 3.8) is 0 Å². The fourth-order valence-electron chi connectivity index (χ4n) is 5.03. The van der Waals surface area contributed by atoms with Crippen molar-refractivity contribution < 1.29 is 22.8 Å². The number of piperidine rings is 2. The van der Waals surface area contributed by atoms with Gasteiger partial charge in [-0.15, -0.1) is 11.3 Å². The lowest BCUT2D eigenvalue weighted by Crippen LogP contribution is -2.52. The summed E-state index contributed by atoms with van der Waals surface area (Å²) in [5.41, 5.74) is 0. The number of likely N-dealkylation sites (tertiary alicyclic amines) is 1. The summed E-state index contributed by atoms with van der Waals surface area (Å²) in [4.78, 5) is 31.5. The van der Waals surface area contributed by atoms with Crippen LogP contribution in [0.2, 0.25) is 0 Å². The quantitative estimate of drug-likeness (QED) is 0.563. The molecular formula is C24H31F3N4O2S. The van der Waals surface area contributed by atoms with Gasteiger partial charge in [-0.25, -0.2) is 0 Å². The number of nitrogens with zero attached hydrogens (tertiary/aromatic N) is 2. The fourth-order valence-corrected chi connectivity index (χ4v) is 5.98. The van der Waals surface area contributed by atoms with E-state index in [4.69, 9.17) is 0 Å². The van der Waals surface area contributed by atoms with E-state index in [9.17, 15) is 22.8 Å². The number of hydrogen-bond acceptors (Lipinski definition) is 5. The van der Waals surface area contributed by atoms with Gasteiger partial charge in [0.05, 0.1) is 21.4 Å². The van der Waals surface area contributed by atoms with Gasteiger partial charge in [-0.1, -0.05) is 12.8 Å². The first kappa shape index (κ1) is 24.9. The number of aromatic nitrogens is 1. The molecule has 4 rings (SSSR count). The number of pyridine rings is 1. The number of rotatable bonds is 7. The molecule has 6 nitrogen and oxygen atoms in total. The number of fused-ring (bicyclic) bond motifs is 1. The van der Waals surface area contributed by atoms with Gasteiger partial charge in [-0.05, 0) is 55.7 Å². The van der Waals surface area contributed by atoms with Gasteiger partial charge in [0.1, 0.15) is 0 Å². The molecule has 0 aromatic carbocycles. The first-order valence-electron chi connectivity index (χ1n) is 12.0. The van der Waals surface area contributed by atoms with Gasteiger partial charge in [0.2, 0.25) is 5.91 Å². The maximum Gasteiger partial charge on any atom is 0.392 e. The van der Waals surface area contributed by atoms with Crippen molar-refractivity contribution in [2.24, 2.45) is 17.8 Å². The molecular weight excluding hydrogens is 465 g/mol. The van der Waals surface area contributed by atoms with Gasteiger partial charge in [0.25, 0.3) is 5.91 Å². The van der Waals surface area contributed by atoms with Gasteiger partial charge in [0.15, 0.2) is 0 Å². The van der Waals surface area contributed by atoms with Crippen LogP contribution in [0.15, 0.2) is 24.5 Å². The van der Waals surface area contributed by atoms with Crippen LogP contribution in [0, 0.1) is 17.8 Å². The predicted molar refractivity (Wildman–Crippen MR) is 126 cm³/mol. The number of carbonyl (C=O) groups excluding carboxylic acids is 2. The van der Waals surface area contributed by atoms with Crippen molar-refractivity contribution in [2.45, 2.75) is 44.7 Å². The van der Waals surface area contributed by atoms with E-state index in [0.29, 0.717) is 37.0 Å². The van der Waals surface area contributed by atoms with Gasteiger partial charge < -0.3 is 15.5 Å². The standard InChI is InChI=1S/C24H31F3N4O2S/c25-24(26,27)19-5-10-28-14-18(19)23(33)31-11-6-16(7-12-31)3-1-2-8-30-22(32)20-13-17-4-9-29-15-21(17)34-20/h4,9,13,15-16,18-19,28H,1-3,5-8,10-12,14H2,(H,30,32). The highest BCUT2D eigenvalue weighted by atomic mass is 32.1. The molecule has 2 fully saturated rings. The third kappa shape index (κ3) is 6.07. The molecule has 2 aliphatic rings. The molecule has 2 aromatic heterocycles. The number of halogens is 3. The van der Waals surface area contributed by atoms with Crippen LogP contribution in [-0.2, 0) is 4.79 Å². The van der Waals surface area contributed by atoms with Gasteiger partial charge in [-0.2, -0.15) is 13.2 Å². The van der Waals surface area contributed by atoms with E-state index in [2.05, 4.69) is 15.6 Å². The van der Waals surface area contributed by atoms with E-state index in [0.717, 1.165) is 42.2 Å². The zero-order valence-electron chi connectivity index (χ0n) is 19.1. The Morgan fingerprint density at radius 1 is 1.21 bits per heavy atom. The van der Waals surface area contributed by atoms with Gasteiger partial charge in [-0.3, -0.25) is 14.6 Å². The van der Waals surface area contributed by atoms with E-state index >= 15 is 0 Å². The molecule has 2 N–H and O–H groups in total. The van der Waals surface area contributed by atoms with Crippen LogP contribution >= 0.6 is 11.3 Å². The zero-order chi connectivity index (χ0) is 24.1. The lowest BCUT2D eigenvalue weighted by Gasteiger charge is -2.38. The molecule has 4 heterocycles. The van der Waals surface area contributed by atoms with Crippen molar-refractivity contribution in [3.05, 3.63) is 29.4 Å². The molecule has 186 valence electrons. The molecule has 0 saturated carbocycles. The summed E-state index contributed by atoms with van der Waals surface area (Å²) in [7, 11) is 0. The first-order chi connectivity index (χ1) is 16.3. The number of carbonyl (C=O) groups is 2. The second-order valence-corrected chi connectivity index (χ2v) is 10.4. The van der Waals surface area contributed by atoms with Gasteiger partial charge >= 0.3 is 6.18 Å². The highest BCUT2D eigenvalue weighted by molar-refractivity contribution is 7.20. The molecule has 2 aromatic rings. The second kappa shape index (κ2) is 11.0. The topological polar surface area (TPSA) is 74.3 Å². The minimum atomic E-state index is -4.33. The summed E-state index contributed by atoms with van der Waals surface area (Å²) in [6, 6.07) is 3.77. The summed E-state index contributed by atoms with van der Waals surface area (Å²) < 4.78 is 41.0. The minimum Gasteiger partial charge on any atom is -0.351 e. The largest absolute Gasteiger partial charge is 0.392 e. The predicted octanol–water partition coefficient (Wildman–Crippen LogP) is 4.22. The molecule has 2 saturated heterocycles. The molecule has 34 heavy (non-hydrogen) atoms. The van der Waals surface area contributed by atoms with Crippen molar-refractivity contribution in [3.8, 4) is 0 Å². The number of unbranched alkanes of at least 4 members (excludes halogenated alkanes) is 1. The van der Waals surface area contributed by atoms with Crippen molar-refractivity contribution >= 4 is 33.2 Å². The Balaban J connectivity index is 1.14. The molecule has 10 heteroatoms. The highest BCUT2D eigenvalue weighted by Crippen LogP contribution is 2.37. The Kier molecular flexibility index (Phi) is 8.08. The molecule has 2 amide bonds. The number of amides is 2. The summed E-state index contributed by atoms with van der Waals surface area (Å²) in [6.07, 6.45) is 3.60. The Morgan fingerprint density at radius 2 is 2.00 bits per heavy atom. The molecule has 2 unspecified atom stereocenters. The van der Waals surface area contributed by atoms with Crippen LogP contribution in [0.5, 0.6) is 0 Å². The van der Waals surface area contributed by atoms with E-state index < -0.39 is 18.0 Å². The Labute approximate surface area is 201 Å². The average molecular weight is 497 g/mol. The maximum absolute atomic E-state index is 13.4. The van der Waals surface area contributed by atoms with E-state index in [1.54, 1.807) is 17.3 Å². The van der Waals surface area contributed by atoms with Crippen molar-refractivity contribution in [1.82, 2.24) is 20.5 Å². The van der Waals surface area contributed by atoms with E-state index in [1.807, 2.05) is 12.1 Å².